The summed E-state index contributed by atoms with van der Waals surface area (Å²) in [6, 6.07) is 13.3. The molecule has 0 aliphatic carbocycles. The Kier molecular flexibility index (Phi) is 4.87. The minimum atomic E-state index is -0.370. The molecule has 0 unspecified atom stereocenters. The summed E-state index contributed by atoms with van der Waals surface area (Å²) in [4.78, 5) is 18.4. The second kappa shape index (κ2) is 7.46. The van der Waals surface area contributed by atoms with Gasteiger partial charge >= 0.3 is 5.97 Å². The molecule has 1 N–H and O–H groups in total. The van der Waals surface area contributed by atoms with E-state index in [1.54, 1.807) is 24.7 Å². The van der Waals surface area contributed by atoms with Gasteiger partial charge in [0.05, 0.1) is 18.3 Å². The predicted octanol–water partition coefficient (Wildman–Crippen LogP) is 4.79. The number of rotatable bonds is 5. The van der Waals surface area contributed by atoms with Crippen molar-refractivity contribution in [3.05, 3.63) is 71.6 Å². The van der Waals surface area contributed by atoms with E-state index in [9.17, 15) is 9.90 Å². The number of aromatic nitrogens is 2. The van der Waals surface area contributed by atoms with E-state index in [1.165, 1.54) is 30.2 Å². The smallest absolute Gasteiger partial charge is 0.349 e. The number of imidazole rings is 1. The molecule has 0 bridgehead atoms. The van der Waals surface area contributed by atoms with Gasteiger partial charge in [-0.1, -0.05) is 36.0 Å². The van der Waals surface area contributed by atoms with Crippen LogP contribution in [0.1, 0.15) is 15.2 Å². The van der Waals surface area contributed by atoms with Crippen LogP contribution in [-0.4, -0.2) is 27.7 Å². The van der Waals surface area contributed by atoms with Gasteiger partial charge in [-0.05, 0) is 23.8 Å². The molecule has 0 radical (unpaired) electrons. The molecule has 0 amide bonds. The van der Waals surface area contributed by atoms with E-state index in [1.807, 2.05) is 35.0 Å². The van der Waals surface area contributed by atoms with Crippen LogP contribution in [0.4, 0.5) is 0 Å². The van der Waals surface area contributed by atoms with Crippen LogP contribution in [0.3, 0.4) is 0 Å². The summed E-state index contributed by atoms with van der Waals surface area (Å²) in [5.74, 6) is -0.181. The molecule has 136 valence electrons. The molecule has 0 fully saturated rings. The number of aromatic hydroxyl groups is 1. The van der Waals surface area contributed by atoms with Crippen LogP contribution in [0, 0.1) is 0 Å². The molecular weight excluding hydrogens is 380 g/mol. The zero-order valence-corrected chi connectivity index (χ0v) is 16.1. The molecule has 2 aromatic heterocycles. The Morgan fingerprint density at radius 2 is 2.15 bits per heavy atom. The van der Waals surface area contributed by atoms with Crippen molar-refractivity contribution in [2.75, 3.05) is 7.11 Å². The molecule has 0 saturated heterocycles. The van der Waals surface area contributed by atoms with Crippen LogP contribution in [0.25, 0.3) is 10.1 Å². The molecular formula is C20H16N2O3S2. The fraction of sp³-hybridized carbons (Fsp3) is 0.100. The summed E-state index contributed by atoms with van der Waals surface area (Å²) in [6.45, 7) is 0.712. The lowest BCUT2D eigenvalue weighted by Gasteiger charge is -2.06. The van der Waals surface area contributed by atoms with Gasteiger partial charge in [-0.2, -0.15) is 0 Å². The number of thiophene rings is 1. The van der Waals surface area contributed by atoms with Crippen molar-refractivity contribution in [2.45, 2.75) is 16.3 Å². The zero-order chi connectivity index (χ0) is 18.8. The van der Waals surface area contributed by atoms with Crippen molar-refractivity contribution >= 4 is 39.2 Å². The third kappa shape index (κ3) is 3.56. The number of fused-ring (bicyclic) bond motifs is 1. The highest BCUT2D eigenvalue weighted by molar-refractivity contribution is 8.00. The Labute approximate surface area is 164 Å². The van der Waals surface area contributed by atoms with Crippen LogP contribution in [-0.2, 0) is 11.3 Å². The Bertz CT molecular complexity index is 1100. The maximum atomic E-state index is 12.3. The van der Waals surface area contributed by atoms with Crippen molar-refractivity contribution in [3.8, 4) is 5.75 Å². The molecule has 4 aromatic rings. The van der Waals surface area contributed by atoms with Crippen molar-refractivity contribution in [1.29, 1.82) is 0 Å². The van der Waals surface area contributed by atoms with E-state index >= 15 is 0 Å². The highest BCUT2D eigenvalue weighted by Gasteiger charge is 2.21. The average molecular weight is 396 g/mol. The van der Waals surface area contributed by atoms with Gasteiger partial charge in [0.25, 0.3) is 0 Å². The maximum Gasteiger partial charge on any atom is 0.349 e. The van der Waals surface area contributed by atoms with Crippen LogP contribution in [0.2, 0.25) is 0 Å². The summed E-state index contributed by atoms with van der Waals surface area (Å²) in [7, 11) is 1.38. The number of esters is 1. The lowest BCUT2D eigenvalue weighted by molar-refractivity contribution is 0.0603. The largest absolute Gasteiger partial charge is 0.507 e. The predicted molar refractivity (Wildman–Crippen MR) is 107 cm³/mol. The van der Waals surface area contributed by atoms with Crippen molar-refractivity contribution < 1.29 is 14.6 Å². The van der Waals surface area contributed by atoms with Gasteiger partial charge < -0.3 is 14.4 Å². The first-order valence-corrected chi connectivity index (χ1v) is 9.84. The fourth-order valence-corrected chi connectivity index (χ4v) is 5.19. The number of carbonyl (C=O) groups is 1. The van der Waals surface area contributed by atoms with E-state index in [0.717, 1.165) is 20.5 Å². The Morgan fingerprint density at radius 1 is 1.30 bits per heavy atom. The Balaban J connectivity index is 1.78. The summed E-state index contributed by atoms with van der Waals surface area (Å²) in [5, 5.41) is 11.1. The summed E-state index contributed by atoms with van der Waals surface area (Å²) < 4.78 is 7.97. The van der Waals surface area contributed by atoms with Crippen LogP contribution in [0.5, 0.6) is 5.75 Å². The number of para-hydroxylation sites is 1. The highest BCUT2D eigenvalue weighted by Crippen LogP contribution is 2.44. The van der Waals surface area contributed by atoms with Crippen LogP contribution < -0.4 is 0 Å². The number of methoxy groups -OCH3 is 1. The van der Waals surface area contributed by atoms with Crippen molar-refractivity contribution in [1.82, 2.24) is 9.55 Å². The standard InChI is InChI=1S/C20H16N2O3S2/c1-25-20(24)19-18(26-16-5-3-2-4-15(16)23)14-7-6-13(10-17(14)27-19)11-22-9-8-21-12-22/h2-10,12,23H,11H2,1H3. The van der Waals surface area contributed by atoms with E-state index in [2.05, 4.69) is 11.1 Å². The normalized spacial score (nSPS) is 11.0. The molecule has 0 atom stereocenters. The molecule has 27 heavy (non-hydrogen) atoms. The Hall–Kier alpha value is -2.77. The number of benzene rings is 2. The zero-order valence-electron chi connectivity index (χ0n) is 14.5. The molecule has 0 spiro atoms. The number of phenolic OH excluding ortho intramolecular Hbond substituents is 1. The molecule has 0 aliphatic rings. The van der Waals surface area contributed by atoms with E-state index in [0.29, 0.717) is 16.3 Å². The van der Waals surface area contributed by atoms with Crippen molar-refractivity contribution in [2.24, 2.45) is 0 Å². The van der Waals surface area contributed by atoms with E-state index in [4.69, 9.17) is 4.74 Å². The number of ether oxygens (including phenoxy) is 1. The van der Waals surface area contributed by atoms with Crippen LogP contribution >= 0.6 is 23.1 Å². The van der Waals surface area contributed by atoms with Gasteiger partial charge in [-0.25, -0.2) is 9.78 Å². The first kappa shape index (κ1) is 17.6. The molecule has 5 nitrogen and oxygen atoms in total. The Morgan fingerprint density at radius 3 is 2.89 bits per heavy atom. The second-order valence-electron chi connectivity index (χ2n) is 5.89. The third-order valence-electron chi connectivity index (χ3n) is 4.08. The van der Waals surface area contributed by atoms with E-state index < -0.39 is 0 Å². The maximum absolute atomic E-state index is 12.3. The first-order valence-electron chi connectivity index (χ1n) is 8.21. The number of hydrogen-bond acceptors (Lipinski definition) is 6. The monoisotopic (exact) mass is 396 g/mol. The third-order valence-corrected chi connectivity index (χ3v) is 6.54. The molecule has 2 heterocycles. The topological polar surface area (TPSA) is 64.4 Å². The van der Waals surface area contributed by atoms with Gasteiger partial charge in [-0.3, -0.25) is 0 Å². The minimum Gasteiger partial charge on any atom is -0.507 e. The lowest BCUT2D eigenvalue weighted by atomic mass is 10.1. The fourth-order valence-electron chi connectivity index (χ4n) is 2.79. The summed E-state index contributed by atoms with van der Waals surface area (Å²) in [5.41, 5.74) is 1.12. The molecule has 0 aliphatic heterocycles. The first-order chi connectivity index (χ1) is 13.2. The number of carbonyl (C=O) groups excluding carboxylic acids is 1. The van der Waals surface area contributed by atoms with Crippen molar-refractivity contribution in [3.63, 3.8) is 0 Å². The minimum absolute atomic E-state index is 0.189. The van der Waals surface area contributed by atoms with Crippen LogP contribution in [0.15, 0.2) is 71.0 Å². The van der Waals surface area contributed by atoms with Gasteiger partial charge in [0.1, 0.15) is 10.6 Å². The summed E-state index contributed by atoms with van der Waals surface area (Å²) in [6.07, 6.45) is 5.44. The van der Waals surface area contributed by atoms with E-state index in [-0.39, 0.29) is 11.7 Å². The van der Waals surface area contributed by atoms with Gasteiger partial charge in [0.2, 0.25) is 0 Å². The molecule has 4 rings (SSSR count). The quantitative estimate of drug-likeness (QED) is 0.492. The lowest BCUT2D eigenvalue weighted by Crippen LogP contribution is -1.99. The number of phenols is 1. The average Bonchev–Trinajstić information content (AvgIpc) is 3.31. The number of hydrogen-bond donors (Lipinski definition) is 1. The highest BCUT2D eigenvalue weighted by atomic mass is 32.2. The molecule has 7 heteroatoms. The second-order valence-corrected chi connectivity index (χ2v) is 7.99. The van der Waals surface area contributed by atoms with Gasteiger partial charge in [0.15, 0.2) is 0 Å². The van der Waals surface area contributed by atoms with Gasteiger partial charge in [-0.15, -0.1) is 11.3 Å². The summed E-state index contributed by atoms with van der Waals surface area (Å²) >= 11 is 2.78. The SMILES string of the molecule is COC(=O)c1sc2cc(Cn3ccnc3)ccc2c1Sc1ccccc1O. The number of nitrogens with zero attached hydrogens (tertiary/aromatic N) is 2. The van der Waals surface area contributed by atoms with Gasteiger partial charge in [0, 0.05) is 33.9 Å². The molecule has 0 saturated carbocycles. The molecule has 2 aromatic carbocycles.